The van der Waals surface area contributed by atoms with E-state index in [4.69, 9.17) is 5.73 Å². The summed E-state index contributed by atoms with van der Waals surface area (Å²) in [5.74, 6) is -0.214. The number of rotatable bonds is 7. The van der Waals surface area contributed by atoms with E-state index >= 15 is 0 Å². The third-order valence-electron chi connectivity index (χ3n) is 1.80. The minimum Gasteiger partial charge on any atom is -0.370 e. The van der Waals surface area contributed by atoms with Gasteiger partial charge in [-0.05, 0) is 19.4 Å². The van der Waals surface area contributed by atoms with Crippen molar-refractivity contribution in [2.45, 2.75) is 19.3 Å². The lowest BCUT2D eigenvalue weighted by molar-refractivity contribution is -0.127. The molecule has 0 aromatic carbocycles. The molecule has 0 saturated heterocycles. The Balaban J connectivity index is 3.22. The van der Waals surface area contributed by atoms with Gasteiger partial charge in [-0.3, -0.25) is 9.59 Å². The lowest BCUT2D eigenvalue weighted by atomic mass is 10.2. The van der Waals surface area contributed by atoms with Gasteiger partial charge in [0.25, 0.3) is 0 Å². The van der Waals surface area contributed by atoms with E-state index in [1.165, 1.54) is 4.90 Å². The second kappa shape index (κ2) is 7.32. The van der Waals surface area contributed by atoms with E-state index in [-0.39, 0.29) is 11.8 Å². The fourth-order valence-corrected chi connectivity index (χ4v) is 0.903. The number of nitrogens with one attached hydrogen (secondary N) is 1. The number of primary amides is 1. The highest BCUT2D eigenvalue weighted by Gasteiger charge is 2.01. The highest BCUT2D eigenvalue weighted by Crippen LogP contribution is 1.91. The van der Waals surface area contributed by atoms with Crippen molar-refractivity contribution in [3.05, 3.63) is 0 Å². The van der Waals surface area contributed by atoms with Crippen molar-refractivity contribution in [2.24, 2.45) is 5.73 Å². The Kier molecular flexibility index (Phi) is 6.74. The SMILES string of the molecule is CN(C)C(=O)CNCCCCC(N)=O. The molecule has 0 rings (SSSR count). The van der Waals surface area contributed by atoms with Gasteiger partial charge in [0.15, 0.2) is 0 Å². The molecule has 0 spiro atoms. The fourth-order valence-electron chi connectivity index (χ4n) is 0.903. The first-order chi connectivity index (χ1) is 6.54. The minimum absolute atomic E-state index is 0.0555. The molecule has 2 amide bonds. The first kappa shape index (κ1) is 12.9. The molecule has 0 atom stereocenters. The zero-order chi connectivity index (χ0) is 11.0. The average molecular weight is 201 g/mol. The average Bonchev–Trinajstić information content (AvgIpc) is 2.09. The number of carbonyl (C=O) groups excluding carboxylic acids is 2. The smallest absolute Gasteiger partial charge is 0.236 e. The summed E-state index contributed by atoms with van der Waals surface area (Å²) in [7, 11) is 3.44. The van der Waals surface area contributed by atoms with Crippen molar-refractivity contribution < 1.29 is 9.59 Å². The quantitative estimate of drug-likeness (QED) is 0.536. The number of unbranched alkanes of at least 4 members (excludes halogenated alkanes) is 1. The van der Waals surface area contributed by atoms with E-state index < -0.39 is 0 Å². The van der Waals surface area contributed by atoms with E-state index in [1.54, 1.807) is 14.1 Å². The summed E-state index contributed by atoms with van der Waals surface area (Å²) in [6.07, 6.45) is 2.06. The molecule has 0 heterocycles. The highest BCUT2D eigenvalue weighted by atomic mass is 16.2. The number of hydrogen-bond acceptors (Lipinski definition) is 3. The van der Waals surface area contributed by atoms with Crippen LogP contribution in [0.5, 0.6) is 0 Å². The van der Waals surface area contributed by atoms with Gasteiger partial charge in [-0.2, -0.15) is 0 Å². The standard InChI is InChI=1S/C9H19N3O2/c1-12(2)9(14)7-11-6-4-3-5-8(10)13/h11H,3-7H2,1-2H3,(H2,10,13). The van der Waals surface area contributed by atoms with Crippen LogP contribution in [0.1, 0.15) is 19.3 Å². The maximum Gasteiger partial charge on any atom is 0.236 e. The molecule has 0 aliphatic heterocycles. The van der Waals surface area contributed by atoms with E-state index in [9.17, 15) is 9.59 Å². The molecule has 0 aromatic rings. The van der Waals surface area contributed by atoms with Crippen LogP contribution in [-0.2, 0) is 9.59 Å². The second-order valence-corrected chi connectivity index (χ2v) is 3.39. The molecule has 0 aliphatic carbocycles. The normalized spacial score (nSPS) is 9.86. The Bertz CT molecular complexity index is 192. The number of carbonyl (C=O) groups is 2. The molecule has 0 bridgehead atoms. The van der Waals surface area contributed by atoms with Crippen LogP contribution >= 0.6 is 0 Å². The van der Waals surface area contributed by atoms with Gasteiger partial charge in [0.05, 0.1) is 6.54 Å². The summed E-state index contributed by atoms with van der Waals surface area (Å²) in [6.45, 7) is 1.09. The van der Waals surface area contributed by atoms with E-state index in [0.717, 1.165) is 19.4 Å². The fraction of sp³-hybridized carbons (Fsp3) is 0.778. The predicted octanol–water partition coefficient (Wildman–Crippen LogP) is -0.680. The number of nitrogens with two attached hydrogens (primary N) is 1. The maximum absolute atomic E-state index is 11.1. The Morgan fingerprint density at radius 2 is 1.93 bits per heavy atom. The monoisotopic (exact) mass is 201 g/mol. The summed E-state index contributed by atoms with van der Waals surface area (Å²) in [4.78, 5) is 23.0. The molecule has 5 nitrogen and oxygen atoms in total. The van der Waals surface area contributed by atoms with Crippen molar-refractivity contribution >= 4 is 11.8 Å². The van der Waals surface area contributed by atoms with Crippen LogP contribution in [0.3, 0.4) is 0 Å². The Labute approximate surface area is 84.6 Å². The van der Waals surface area contributed by atoms with E-state index in [1.807, 2.05) is 0 Å². The van der Waals surface area contributed by atoms with Crippen LogP contribution in [0.2, 0.25) is 0 Å². The first-order valence-electron chi connectivity index (χ1n) is 4.73. The topological polar surface area (TPSA) is 75.4 Å². The van der Waals surface area contributed by atoms with Gasteiger partial charge in [0.2, 0.25) is 11.8 Å². The third-order valence-corrected chi connectivity index (χ3v) is 1.80. The maximum atomic E-state index is 11.1. The second-order valence-electron chi connectivity index (χ2n) is 3.39. The van der Waals surface area contributed by atoms with Crippen LogP contribution in [0, 0.1) is 0 Å². The van der Waals surface area contributed by atoms with Crippen LogP contribution in [0.15, 0.2) is 0 Å². The van der Waals surface area contributed by atoms with Gasteiger partial charge < -0.3 is 16.0 Å². The van der Waals surface area contributed by atoms with Gasteiger partial charge in [-0.25, -0.2) is 0 Å². The Hall–Kier alpha value is -1.10. The first-order valence-corrected chi connectivity index (χ1v) is 4.73. The lowest BCUT2D eigenvalue weighted by Crippen LogP contribution is -2.33. The number of hydrogen-bond donors (Lipinski definition) is 2. The molecule has 82 valence electrons. The largest absolute Gasteiger partial charge is 0.370 e. The molecular formula is C9H19N3O2. The molecule has 5 heteroatoms. The highest BCUT2D eigenvalue weighted by molar-refractivity contribution is 5.77. The van der Waals surface area contributed by atoms with Crippen LogP contribution in [0.25, 0.3) is 0 Å². The third kappa shape index (κ3) is 7.54. The molecule has 0 unspecified atom stereocenters. The zero-order valence-corrected chi connectivity index (χ0v) is 8.88. The molecule has 3 N–H and O–H groups in total. The van der Waals surface area contributed by atoms with Crippen molar-refractivity contribution in [1.82, 2.24) is 10.2 Å². The summed E-state index contributed by atoms with van der Waals surface area (Å²) >= 11 is 0. The number of likely N-dealkylation sites (N-methyl/N-ethyl adjacent to an activating group) is 1. The Morgan fingerprint density at radius 1 is 1.29 bits per heavy atom. The van der Waals surface area contributed by atoms with Crippen molar-refractivity contribution in [3.63, 3.8) is 0 Å². The van der Waals surface area contributed by atoms with Crippen LogP contribution < -0.4 is 11.1 Å². The molecule has 0 fully saturated rings. The minimum atomic E-state index is -0.269. The van der Waals surface area contributed by atoms with Gasteiger partial charge in [-0.1, -0.05) is 0 Å². The zero-order valence-electron chi connectivity index (χ0n) is 8.88. The predicted molar refractivity (Wildman–Crippen MR) is 54.6 cm³/mol. The van der Waals surface area contributed by atoms with Crippen molar-refractivity contribution in [2.75, 3.05) is 27.2 Å². The van der Waals surface area contributed by atoms with Gasteiger partial charge in [0, 0.05) is 20.5 Å². The van der Waals surface area contributed by atoms with Gasteiger partial charge >= 0.3 is 0 Å². The summed E-state index contributed by atoms with van der Waals surface area (Å²) in [5, 5.41) is 3.00. The molecule has 14 heavy (non-hydrogen) atoms. The van der Waals surface area contributed by atoms with Crippen LogP contribution in [0.4, 0.5) is 0 Å². The summed E-state index contributed by atoms with van der Waals surface area (Å²) in [5.41, 5.74) is 4.98. The summed E-state index contributed by atoms with van der Waals surface area (Å²) in [6, 6.07) is 0. The van der Waals surface area contributed by atoms with Crippen LogP contribution in [-0.4, -0.2) is 43.9 Å². The summed E-state index contributed by atoms with van der Waals surface area (Å²) < 4.78 is 0. The number of amides is 2. The lowest BCUT2D eigenvalue weighted by Gasteiger charge is -2.10. The van der Waals surface area contributed by atoms with Crippen molar-refractivity contribution in [1.29, 1.82) is 0 Å². The molecule has 0 saturated carbocycles. The molecular weight excluding hydrogens is 182 g/mol. The molecule has 0 aromatic heterocycles. The van der Waals surface area contributed by atoms with E-state index in [2.05, 4.69) is 5.32 Å². The number of nitrogens with zero attached hydrogens (tertiary/aromatic N) is 1. The molecule has 0 radical (unpaired) electrons. The molecule has 0 aliphatic rings. The van der Waals surface area contributed by atoms with E-state index in [0.29, 0.717) is 13.0 Å². The Morgan fingerprint density at radius 3 is 2.43 bits per heavy atom. The van der Waals surface area contributed by atoms with Gasteiger partial charge in [0.1, 0.15) is 0 Å². The van der Waals surface area contributed by atoms with Crippen molar-refractivity contribution in [3.8, 4) is 0 Å². The van der Waals surface area contributed by atoms with Gasteiger partial charge in [-0.15, -0.1) is 0 Å².